The fourth-order valence-corrected chi connectivity index (χ4v) is 3.94. The SMILES string of the molecule is Cc1noc(CSc2nnc(-c3ccc(C(C)(C)C)cc3)n2Cc2ccccc2)n1. The molecule has 0 atom stereocenters. The summed E-state index contributed by atoms with van der Waals surface area (Å²) in [5, 5.41) is 13.7. The molecule has 0 aliphatic heterocycles. The maximum atomic E-state index is 5.24. The molecule has 7 heteroatoms. The Bertz CT molecular complexity index is 1110. The number of hydrogen-bond donors (Lipinski definition) is 0. The monoisotopic (exact) mass is 419 g/mol. The van der Waals surface area contributed by atoms with Crippen LogP contribution in [0.3, 0.4) is 0 Å². The second-order valence-corrected chi connectivity index (χ2v) is 9.17. The predicted molar refractivity (Wildman–Crippen MR) is 118 cm³/mol. The number of benzene rings is 2. The molecule has 0 radical (unpaired) electrons. The maximum Gasteiger partial charge on any atom is 0.237 e. The Balaban J connectivity index is 1.66. The Labute approximate surface area is 180 Å². The molecule has 154 valence electrons. The molecule has 0 unspecified atom stereocenters. The molecular formula is C23H25N5OS. The first kappa shape index (κ1) is 20.3. The molecule has 0 saturated carbocycles. The molecule has 2 aromatic heterocycles. The lowest BCUT2D eigenvalue weighted by Crippen LogP contribution is -2.10. The van der Waals surface area contributed by atoms with Gasteiger partial charge in [0.1, 0.15) is 0 Å². The van der Waals surface area contributed by atoms with Gasteiger partial charge in [-0.25, -0.2) is 0 Å². The van der Waals surface area contributed by atoms with Crippen LogP contribution in [-0.4, -0.2) is 24.9 Å². The van der Waals surface area contributed by atoms with Crippen molar-refractivity contribution in [3.8, 4) is 11.4 Å². The summed E-state index contributed by atoms with van der Waals surface area (Å²) in [6, 6.07) is 18.9. The lowest BCUT2D eigenvalue weighted by Gasteiger charge is -2.19. The third-order valence-corrected chi connectivity index (χ3v) is 5.76. The minimum atomic E-state index is 0.111. The molecule has 0 saturated heterocycles. The van der Waals surface area contributed by atoms with Crippen LogP contribution in [0.1, 0.15) is 43.6 Å². The summed E-state index contributed by atoms with van der Waals surface area (Å²) in [5.74, 6) is 2.62. The van der Waals surface area contributed by atoms with Gasteiger partial charge in [-0.05, 0) is 23.5 Å². The Morgan fingerprint density at radius 3 is 2.33 bits per heavy atom. The molecule has 2 heterocycles. The summed E-state index contributed by atoms with van der Waals surface area (Å²) in [5.41, 5.74) is 3.65. The van der Waals surface area contributed by atoms with Crippen molar-refractivity contribution >= 4 is 11.8 Å². The smallest absolute Gasteiger partial charge is 0.237 e. The lowest BCUT2D eigenvalue weighted by molar-refractivity contribution is 0.387. The van der Waals surface area contributed by atoms with Gasteiger partial charge in [0.05, 0.1) is 12.3 Å². The van der Waals surface area contributed by atoms with Crippen LogP contribution in [0.5, 0.6) is 0 Å². The van der Waals surface area contributed by atoms with Crippen LogP contribution in [0.15, 0.2) is 64.3 Å². The van der Waals surface area contributed by atoms with Crippen LogP contribution in [0, 0.1) is 6.92 Å². The minimum absolute atomic E-state index is 0.111. The Morgan fingerprint density at radius 2 is 1.70 bits per heavy atom. The highest BCUT2D eigenvalue weighted by Gasteiger charge is 2.18. The van der Waals surface area contributed by atoms with Crippen molar-refractivity contribution in [3.63, 3.8) is 0 Å². The van der Waals surface area contributed by atoms with E-state index in [9.17, 15) is 0 Å². The van der Waals surface area contributed by atoms with E-state index in [1.54, 1.807) is 11.8 Å². The van der Waals surface area contributed by atoms with Crippen LogP contribution in [0.25, 0.3) is 11.4 Å². The average molecular weight is 420 g/mol. The highest BCUT2D eigenvalue weighted by Crippen LogP contribution is 2.29. The van der Waals surface area contributed by atoms with E-state index in [0.717, 1.165) is 16.5 Å². The first-order valence-corrected chi connectivity index (χ1v) is 10.9. The largest absolute Gasteiger partial charge is 0.338 e. The van der Waals surface area contributed by atoms with Crippen LogP contribution >= 0.6 is 11.8 Å². The zero-order chi connectivity index (χ0) is 21.1. The van der Waals surface area contributed by atoms with Crippen molar-refractivity contribution in [3.05, 3.63) is 77.4 Å². The number of aryl methyl sites for hydroxylation is 1. The van der Waals surface area contributed by atoms with Gasteiger partial charge < -0.3 is 4.52 Å². The van der Waals surface area contributed by atoms with Crippen molar-refractivity contribution < 1.29 is 4.52 Å². The van der Waals surface area contributed by atoms with Crippen LogP contribution in [-0.2, 0) is 17.7 Å². The van der Waals surface area contributed by atoms with Gasteiger partial charge in [-0.1, -0.05) is 92.3 Å². The Hall–Kier alpha value is -2.93. The van der Waals surface area contributed by atoms with E-state index in [0.29, 0.717) is 24.0 Å². The van der Waals surface area contributed by atoms with Gasteiger partial charge in [-0.15, -0.1) is 10.2 Å². The number of thioether (sulfide) groups is 1. The van der Waals surface area contributed by atoms with Crippen molar-refractivity contribution in [1.82, 2.24) is 24.9 Å². The molecule has 0 bridgehead atoms. The lowest BCUT2D eigenvalue weighted by atomic mass is 9.87. The summed E-state index contributed by atoms with van der Waals surface area (Å²) in [6.07, 6.45) is 0. The number of hydrogen-bond acceptors (Lipinski definition) is 6. The van der Waals surface area contributed by atoms with Gasteiger partial charge in [0.15, 0.2) is 16.8 Å². The van der Waals surface area contributed by atoms with E-state index in [1.165, 1.54) is 11.1 Å². The number of aromatic nitrogens is 5. The summed E-state index contributed by atoms with van der Waals surface area (Å²) >= 11 is 1.55. The molecule has 0 aliphatic carbocycles. The molecule has 2 aromatic carbocycles. The standard InChI is InChI=1S/C23H25N5OS/c1-16-24-20(29-27-16)15-30-22-26-25-21(28(22)14-17-8-6-5-7-9-17)18-10-12-19(13-11-18)23(2,3)4/h5-13H,14-15H2,1-4H3. The quantitative estimate of drug-likeness (QED) is 0.396. The van der Waals surface area contributed by atoms with Gasteiger partial charge in [-0.3, -0.25) is 4.57 Å². The molecular weight excluding hydrogens is 394 g/mol. The first-order chi connectivity index (χ1) is 14.4. The van der Waals surface area contributed by atoms with E-state index in [4.69, 9.17) is 4.52 Å². The Morgan fingerprint density at radius 1 is 0.967 bits per heavy atom. The second-order valence-electron chi connectivity index (χ2n) is 8.23. The van der Waals surface area contributed by atoms with Gasteiger partial charge in [0, 0.05) is 5.56 Å². The van der Waals surface area contributed by atoms with Gasteiger partial charge in [0.25, 0.3) is 0 Å². The predicted octanol–water partition coefficient (Wildman–Crippen LogP) is 5.27. The van der Waals surface area contributed by atoms with E-state index < -0.39 is 0 Å². The summed E-state index contributed by atoms with van der Waals surface area (Å²) in [7, 11) is 0. The molecule has 0 fully saturated rings. The molecule has 0 amide bonds. The molecule has 4 aromatic rings. The van der Waals surface area contributed by atoms with Crippen LogP contribution in [0.2, 0.25) is 0 Å². The van der Waals surface area contributed by atoms with E-state index in [1.807, 2.05) is 25.1 Å². The highest BCUT2D eigenvalue weighted by atomic mass is 32.2. The van der Waals surface area contributed by atoms with Gasteiger partial charge >= 0.3 is 0 Å². The fraction of sp³-hybridized carbons (Fsp3) is 0.304. The third kappa shape index (κ3) is 4.62. The van der Waals surface area contributed by atoms with Crippen LogP contribution in [0.4, 0.5) is 0 Å². The molecule has 30 heavy (non-hydrogen) atoms. The van der Waals surface area contributed by atoms with Crippen molar-refractivity contribution in [2.45, 2.75) is 50.6 Å². The second kappa shape index (κ2) is 8.44. The minimum Gasteiger partial charge on any atom is -0.338 e. The van der Waals surface area contributed by atoms with Crippen molar-refractivity contribution in [1.29, 1.82) is 0 Å². The average Bonchev–Trinajstić information content (AvgIpc) is 3.32. The topological polar surface area (TPSA) is 69.6 Å². The van der Waals surface area contributed by atoms with E-state index >= 15 is 0 Å². The molecule has 0 aliphatic rings. The summed E-state index contributed by atoms with van der Waals surface area (Å²) in [6.45, 7) is 9.15. The highest BCUT2D eigenvalue weighted by molar-refractivity contribution is 7.98. The fourth-order valence-electron chi connectivity index (χ4n) is 3.16. The van der Waals surface area contributed by atoms with Gasteiger partial charge in [-0.2, -0.15) is 4.98 Å². The van der Waals surface area contributed by atoms with Crippen LogP contribution < -0.4 is 0 Å². The molecule has 0 N–H and O–H groups in total. The maximum absolute atomic E-state index is 5.24. The van der Waals surface area contributed by atoms with E-state index in [2.05, 4.69) is 82.1 Å². The summed E-state index contributed by atoms with van der Waals surface area (Å²) < 4.78 is 7.39. The third-order valence-electron chi connectivity index (χ3n) is 4.80. The molecule has 6 nitrogen and oxygen atoms in total. The summed E-state index contributed by atoms with van der Waals surface area (Å²) in [4.78, 5) is 4.28. The molecule has 0 spiro atoms. The van der Waals surface area contributed by atoms with Crippen molar-refractivity contribution in [2.24, 2.45) is 0 Å². The zero-order valence-corrected chi connectivity index (χ0v) is 18.5. The normalized spacial score (nSPS) is 11.7. The number of rotatable bonds is 6. The zero-order valence-electron chi connectivity index (χ0n) is 17.7. The van der Waals surface area contributed by atoms with Crippen molar-refractivity contribution in [2.75, 3.05) is 0 Å². The van der Waals surface area contributed by atoms with Gasteiger partial charge in [0.2, 0.25) is 5.89 Å². The number of nitrogens with zero attached hydrogens (tertiary/aromatic N) is 5. The Kier molecular flexibility index (Phi) is 5.72. The molecule has 4 rings (SSSR count). The van der Waals surface area contributed by atoms with E-state index in [-0.39, 0.29) is 5.41 Å². The first-order valence-electron chi connectivity index (χ1n) is 9.90.